The molecule has 0 aliphatic carbocycles. The van der Waals surface area contributed by atoms with Crippen LogP contribution in [-0.2, 0) is 0 Å². The highest BCUT2D eigenvalue weighted by molar-refractivity contribution is 14.0. The van der Waals surface area contributed by atoms with Gasteiger partial charge in [-0.1, -0.05) is 32.0 Å². The van der Waals surface area contributed by atoms with Crippen LogP contribution in [0.3, 0.4) is 0 Å². The maximum Gasteiger partial charge on any atom is 0.191 e. The summed E-state index contributed by atoms with van der Waals surface area (Å²) < 4.78 is 6.09. The molecule has 1 heterocycles. The van der Waals surface area contributed by atoms with Crippen LogP contribution in [-0.4, -0.2) is 24.7 Å². The van der Waals surface area contributed by atoms with Crippen LogP contribution in [0.1, 0.15) is 52.6 Å². The molecule has 1 aliphatic heterocycles. The van der Waals surface area contributed by atoms with E-state index in [-0.39, 0.29) is 35.6 Å². The molecule has 1 unspecified atom stereocenters. The first-order chi connectivity index (χ1) is 10.4. The molecule has 1 aromatic carbocycles. The Morgan fingerprint density at radius 3 is 2.70 bits per heavy atom. The van der Waals surface area contributed by atoms with Gasteiger partial charge in [0.15, 0.2) is 5.96 Å². The number of rotatable bonds is 4. The lowest BCUT2D eigenvalue weighted by atomic mass is 9.90. The van der Waals surface area contributed by atoms with Crippen molar-refractivity contribution in [1.29, 1.82) is 0 Å². The third-order valence-corrected chi connectivity index (χ3v) is 3.65. The van der Waals surface area contributed by atoms with E-state index in [0.29, 0.717) is 5.92 Å². The van der Waals surface area contributed by atoms with Crippen LogP contribution >= 0.6 is 24.0 Å². The van der Waals surface area contributed by atoms with Gasteiger partial charge in [-0.3, -0.25) is 4.99 Å². The van der Waals surface area contributed by atoms with Gasteiger partial charge in [0, 0.05) is 25.1 Å². The van der Waals surface area contributed by atoms with Crippen LogP contribution in [0, 0.1) is 5.92 Å². The van der Waals surface area contributed by atoms with Gasteiger partial charge in [0.2, 0.25) is 0 Å². The average molecular weight is 431 g/mol. The van der Waals surface area contributed by atoms with Crippen molar-refractivity contribution in [2.75, 3.05) is 13.1 Å². The summed E-state index contributed by atoms with van der Waals surface area (Å²) in [6.45, 7) is 12.4. The lowest BCUT2D eigenvalue weighted by Crippen LogP contribution is -2.45. The summed E-state index contributed by atoms with van der Waals surface area (Å²) in [5.74, 6) is 2.40. The fourth-order valence-electron chi connectivity index (χ4n) is 2.69. The lowest BCUT2D eigenvalue weighted by molar-refractivity contribution is 0.0694. The minimum Gasteiger partial charge on any atom is -0.487 e. The molecular weight excluding hydrogens is 401 g/mol. The molecule has 0 saturated carbocycles. The summed E-state index contributed by atoms with van der Waals surface area (Å²) in [7, 11) is 0. The molecule has 0 spiro atoms. The SMILES string of the molecule is CCNC(=NCC(C)C)NC1CC(C)(C)Oc2ccccc21.I. The van der Waals surface area contributed by atoms with Gasteiger partial charge in [0.25, 0.3) is 0 Å². The first kappa shape index (κ1) is 20.1. The highest BCUT2D eigenvalue weighted by atomic mass is 127. The molecule has 4 nitrogen and oxygen atoms in total. The topological polar surface area (TPSA) is 45.7 Å². The molecule has 0 fully saturated rings. The molecule has 0 radical (unpaired) electrons. The van der Waals surface area contributed by atoms with E-state index in [9.17, 15) is 0 Å². The fourth-order valence-corrected chi connectivity index (χ4v) is 2.69. The van der Waals surface area contributed by atoms with Crippen molar-refractivity contribution in [3.63, 3.8) is 0 Å². The number of hydrogen-bond donors (Lipinski definition) is 2. The van der Waals surface area contributed by atoms with Gasteiger partial charge < -0.3 is 15.4 Å². The summed E-state index contributed by atoms with van der Waals surface area (Å²) in [5, 5.41) is 6.92. The summed E-state index contributed by atoms with van der Waals surface area (Å²) >= 11 is 0. The number of benzene rings is 1. The van der Waals surface area contributed by atoms with Crippen LogP contribution in [0.25, 0.3) is 0 Å². The quantitative estimate of drug-likeness (QED) is 0.429. The molecule has 2 N–H and O–H groups in total. The number of hydrogen-bond acceptors (Lipinski definition) is 2. The number of nitrogens with zero attached hydrogens (tertiary/aromatic N) is 1. The van der Waals surface area contributed by atoms with Crippen LogP contribution in [0.4, 0.5) is 0 Å². The number of guanidine groups is 1. The molecule has 1 aromatic rings. The van der Waals surface area contributed by atoms with E-state index in [1.807, 2.05) is 12.1 Å². The highest BCUT2D eigenvalue weighted by Crippen LogP contribution is 2.39. The Hall–Kier alpha value is -0.980. The summed E-state index contributed by atoms with van der Waals surface area (Å²) in [5.41, 5.74) is 1.03. The van der Waals surface area contributed by atoms with Crippen molar-refractivity contribution in [2.24, 2.45) is 10.9 Å². The predicted octanol–water partition coefficient (Wildman–Crippen LogP) is 4.12. The van der Waals surface area contributed by atoms with Crippen molar-refractivity contribution < 1.29 is 4.74 Å². The van der Waals surface area contributed by atoms with E-state index in [1.54, 1.807) is 0 Å². The standard InChI is InChI=1S/C18H29N3O.HI/c1-6-19-17(20-12-13(2)3)21-15-11-18(4,5)22-16-10-8-7-9-14(15)16;/h7-10,13,15H,6,11-12H2,1-5H3,(H2,19,20,21);1H. The average Bonchev–Trinajstić information content (AvgIpc) is 2.43. The van der Waals surface area contributed by atoms with Gasteiger partial charge in [-0.2, -0.15) is 0 Å². The van der Waals surface area contributed by atoms with Gasteiger partial charge in [0.05, 0.1) is 6.04 Å². The first-order valence-electron chi connectivity index (χ1n) is 8.24. The predicted molar refractivity (Wildman–Crippen MR) is 108 cm³/mol. The first-order valence-corrected chi connectivity index (χ1v) is 8.24. The Bertz CT molecular complexity index is 529. The van der Waals surface area contributed by atoms with Gasteiger partial charge in [-0.05, 0) is 32.8 Å². The van der Waals surface area contributed by atoms with E-state index in [1.165, 1.54) is 5.56 Å². The molecule has 2 rings (SSSR count). The molecule has 130 valence electrons. The summed E-state index contributed by atoms with van der Waals surface area (Å²) in [4.78, 5) is 4.68. The number of fused-ring (bicyclic) bond motifs is 1. The largest absolute Gasteiger partial charge is 0.487 e. The zero-order valence-corrected chi connectivity index (χ0v) is 17.2. The number of nitrogens with one attached hydrogen (secondary N) is 2. The minimum absolute atomic E-state index is 0. The van der Waals surface area contributed by atoms with Gasteiger partial charge >= 0.3 is 0 Å². The monoisotopic (exact) mass is 431 g/mol. The Kier molecular flexibility index (Phi) is 7.64. The second-order valence-corrected chi connectivity index (χ2v) is 6.91. The molecule has 0 bridgehead atoms. The van der Waals surface area contributed by atoms with Gasteiger partial charge in [0.1, 0.15) is 11.4 Å². The summed E-state index contributed by atoms with van der Waals surface area (Å²) in [6, 6.07) is 8.48. The van der Waals surface area contributed by atoms with Crippen molar-refractivity contribution >= 4 is 29.9 Å². The van der Waals surface area contributed by atoms with E-state index in [2.05, 4.69) is 62.4 Å². The Labute approximate surface area is 157 Å². The molecular formula is C18H30IN3O. The molecule has 0 saturated heterocycles. The number of ether oxygens (including phenoxy) is 1. The normalized spacial score (nSPS) is 19.4. The third kappa shape index (κ3) is 5.86. The van der Waals surface area contributed by atoms with Crippen molar-refractivity contribution in [3.05, 3.63) is 29.8 Å². The molecule has 5 heteroatoms. The number of para-hydroxylation sites is 1. The Morgan fingerprint density at radius 2 is 2.04 bits per heavy atom. The van der Waals surface area contributed by atoms with Crippen LogP contribution in [0.15, 0.2) is 29.3 Å². The Morgan fingerprint density at radius 1 is 1.35 bits per heavy atom. The highest BCUT2D eigenvalue weighted by Gasteiger charge is 2.33. The molecule has 1 atom stereocenters. The van der Waals surface area contributed by atoms with E-state index < -0.39 is 0 Å². The van der Waals surface area contributed by atoms with Crippen molar-refractivity contribution in [2.45, 2.75) is 52.7 Å². The number of aliphatic imine (C=N–C) groups is 1. The van der Waals surface area contributed by atoms with Crippen molar-refractivity contribution in [1.82, 2.24) is 10.6 Å². The molecule has 1 aliphatic rings. The lowest BCUT2D eigenvalue weighted by Gasteiger charge is -2.38. The molecule has 0 amide bonds. The summed E-state index contributed by atoms with van der Waals surface area (Å²) in [6.07, 6.45) is 0.913. The zero-order valence-electron chi connectivity index (χ0n) is 14.8. The zero-order chi connectivity index (χ0) is 16.2. The van der Waals surface area contributed by atoms with Gasteiger partial charge in [-0.15, -0.1) is 24.0 Å². The molecule has 23 heavy (non-hydrogen) atoms. The number of halogens is 1. The smallest absolute Gasteiger partial charge is 0.191 e. The maximum atomic E-state index is 6.09. The van der Waals surface area contributed by atoms with Gasteiger partial charge in [-0.25, -0.2) is 0 Å². The Balaban J connectivity index is 0.00000264. The molecule has 0 aromatic heterocycles. The van der Waals surface area contributed by atoms with E-state index >= 15 is 0 Å². The van der Waals surface area contributed by atoms with Crippen molar-refractivity contribution in [3.8, 4) is 5.75 Å². The maximum absolute atomic E-state index is 6.09. The third-order valence-electron chi connectivity index (χ3n) is 3.65. The van der Waals surface area contributed by atoms with Crippen LogP contribution < -0.4 is 15.4 Å². The van der Waals surface area contributed by atoms with Crippen LogP contribution in [0.2, 0.25) is 0 Å². The van der Waals surface area contributed by atoms with E-state index in [4.69, 9.17) is 4.74 Å². The minimum atomic E-state index is -0.179. The van der Waals surface area contributed by atoms with Crippen LogP contribution in [0.5, 0.6) is 5.75 Å². The second-order valence-electron chi connectivity index (χ2n) is 6.91. The second kappa shape index (κ2) is 8.76. The van der Waals surface area contributed by atoms with E-state index in [0.717, 1.165) is 31.2 Å². The fraction of sp³-hybridized carbons (Fsp3) is 0.611.